The van der Waals surface area contributed by atoms with Crippen molar-refractivity contribution in [3.8, 4) is 0 Å². The van der Waals surface area contributed by atoms with E-state index in [0.29, 0.717) is 24.7 Å². The number of alkyl halides is 3. The fraction of sp³-hybridized carbons (Fsp3) is 0.280. The Labute approximate surface area is 204 Å². The number of anilines is 1. The van der Waals surface area contributed by atoms with E-state index in [1.54, 1.807) is 4.90 Å². The van der Waals surface area contributed by atoms with Crippen LogP contribution in [0.4, 0.5) is 23.2 Å². The van der Waals surface area contributed by atoms with Crippen LogP contribution in [0.1, 0.15) is 21.5 Å². The zero-order valence-corrected chi connectivity index (χ0v) is 19.5. The molecule has 2 heterocycles. The molecular weight excluding hydrogens is 482 g/mol. The van der Waals surface area contributed by atoms with Crippen molar-refractivity contribution in [2.75, 3.05) is 37.6 Å². The lowest BCUT2D eigenvalue weighted by Crippen LogP contribution is -2.52. The predicted octanol–water partition coefficient (Wildman–Crippen LogP) is 4.90. The van der Waals surface area contributed by atoms with Crippen LogP contribution in [0.3, 0.4) is 0 Å². The summed E-state index contributed by atoms with van der Waals surface area (Å²) >= 11 is 1.53. The molecular formula is C25H23F4N3O2S. The first kappa shape index (κ1) is 24.7. The number of thiophene rings is 1. The van der Waals surface area contributed by atoms with Gasteiger partial charge in [0, 0.05) is 43.8 Å². The number of nitrogens with zero attached hydrogens (tertiary/aromatic N) is 3. The first-order chi connectivity index (χ1) is 16.7. The summed E-state index contributed by atoms with van der Waals surface area (Å²) < 4.78 is 53.6. The monoisotopic (exact) mass is 505 g/mol. The summed E-state index contributed by atoms with van der Waals surface area (Å²) in [5.41, 5.74) is 0.0859. The highest BCUT2D eigenvalue weighted by Crippen LogP contribution is 2.33. The summed E-state index contributed by atoms with van der Waals surface area (Å²) in [4.78, 5) is 30.6. The summed E-state index contributed by atoms with van der Waals surface area (Å²) in [6.07, 6.45) is -4.78. The average molecular weight is 506 g/mol. The van der Waals surface area contributed by atoms with Crippen LogP contribution in [0.5, 0.6) is 0 Å². The van der Waals surface area contributed by atoms with Gasteiger partial charge in [-0.05, 0) is 35.2 Å². The zero-order chi connectivity index (χ0) is 25.0. The van der Waals surface area contributed by atoms with Crippen LogP contribution in [0.15, 0.2) is 65.4 Å². The van der Waals surface area contributed by atoms with Crippen LogP contribution in [-0.2, 0) is 17.5 Å². The molecule has 2 aromatic carbocycles. The van der Waals surface area contributed by atoms with Crippen molar-refractivity contribution in [3.63, 3.8) is 0 Å². The van der Waals surface area contributed by atoms with Crippen LogP contribution in [-0.4, -0.2) is 54.3 Å². The Hall–Kier alpha value is -3.40. The van der Waals surface area contributed by atoms with Crippen LogP contribution in [0.2, 0.25) is 0 Å². The highest BCUT2D eigenvalue weighted by Gasteiger charge is 2.37. The number of benzene rings is 2. The Morgan fingerprint density at radius 2 is 1.63 bits per heavy atom. The first-order valence-corrected chi connectivity index (χ1v) is 11.9. The Morgan fingerprint density at radius 1 is 0.943 bits per heavy atom. The minimum absolute atomic E-state index is 0.0650. The number of halogens is 4. The van der Waals surface area contributed by atoms with Crippen molar-refractivity contribution in [2.45, 2.75) is 12.7 Å². The van der Waals surface area contributed by atoms with E-state index >= 15 is 0 Å². The molecule has 1 fully saturated rings. The second-order valence-corrected chi connectivity index (χ2v) is 8.96. The van der Waals surface area contributed by atoms with E-state index in [2.05, 4.69) is 0 Å². The van der Waals surface area contributed by atoms with Crippen LogP contribution in [0.25, 0.3) is 0 Å². The van der Waals surface area contributed by atoms with E-state index in [1.165, 1.54) is 16.2 Å². The van der Waals surface area contributed by atoms with E-state index in [4.69, 9.17) is 0 Å². The molecule has 35 heavy (non-hydrogen) atoms. The molecule has 10 heteroatoms. The standard InChI is InChI=1S/C25H23F4N3O2S/c26-19-6-7-22(25(27,28)29)21(14-19)24(34)31-11-9-30(10-12-31)23(33)16-32(20-8-13-35-17-20)15-18-4-2-1-3-5-18/h1-8,13-14,17H,9-12,15-16H2. The van der Waals surface area contributed by atoms with Crippen molar-refractivity contribution in [1.82, 2.24) is 9.80 Å². The molecule has 184 valence electrons. The van der Waals surface area contributed by atoms with Gasteiger partial charge in [-0.15, -0.1) is 0 Å². The highest BCUT2D eigenvalue weighted by molar-refractivity contribution is 7.08. The number of piperazine rings is 1. The minimum Gasteiger partial charge on any atom is -0.357 e. The molecule has 5 nitrogen and oxygen atoms in total. The highest BCUT2D eigenvalue weighted by atomic mass is 32.1. The van der Waals surface area contributed by atoms with Crippen LogP contribution in [0, 0.1) is 5.82 Å². The number of rotatable bonds is 6. The van der Waals surface area contributed by atoms with Gasteiger partial charge in [0.05, 0.1) is 17.7 Å². The van der Waals surface area contributed by atoms with Gasteiger partial charge in [0.25, 0.3) is 5.91 Å². The fourth-order valence-corrected chi connectivity index (χ4v) is 4.68. The maximum Gasteiger partial charge on any atom is 0.417 e. The topological polar surface area (TPSA) is 43.9 Å². The summed E-state index contributed by atoms with van der Waals surface area (Å²) in [6.45, 7) is 1.17. The molecule has 3 aromatic rings. The lowest BCUT2D eigenvalue weighted by molar-refractivity contribution is -0.138. The second kappa shape index (κ2) is 10.5. The molecule has 0 saturated carbocycles. The molecule has 0 unspecified atom stereocenters. The molecule has 1 aliphatic heterocycles. The number of carbonyl (C=O) groups is 2. The molecule has 1 saturated heterocycles. The average Bonchev–Trinajstić information content (AvgIpc) is 3.38. The minimum atomic E-state index is -4.78. The Morgan fingerprint density at radius 3 is 2.26 bits per heavy atom. The van der Waals surface area contributed by atoms with Gasteiger partial charge in [0.2, 0.25) is 5.91 Å². The number of amides is 2. The van der Waals surface area contributed by atoms with Crippen molar-refractivity contribution in [3.05, 3.63) is 87.9 Å². The fourth-order valence-electron chi connectivity index (χ4n) is 4.01. The number of hydrogen-bond acceptors (Lipinski definition) is 4. The van der Waals surface area contributed by atoms with E-state index in [9.17, 15) is 27.2 Å². The normalized spacial score (nSPS) is 14.2. The summed E-state index contributed by atoms with van der Waals surface area (Å²) in [7, 11) is 0. The zero-order valence-electron chi connectivity index (χ0n) is 18.7. The molecule has 0 radical (unpaired) electrons. The van der Waals surface area contributed by atoms with Gasteiger partial charge in [0.1, 0.15) is 5.82 Å². The predicted molar refractivity (Wildman–Crippen MR) is 126 cm³/mol. The van der Waals surface area contributed by atoms with Crippen molar-refractivity contribution in [1.29, 1.82) is 0 Å². The quantitative estimate of drug-likeness (QED) is 0.448. The van der Waals surface area contributed by atoms with Gasteiger partial charge in [-0.2, -0.15) is 24.5 Å². The van der Waals surface area contributed by atoms with Crippen LogP contribution < -0.4 is 4.90 Å². The van der Waals surface area contributed by atoms with E-state index < -0.39 is 29.0 Å². The smallest absolute Gasteiger partial charge is 0.357 e. The lowest BCUT2D eigenvalue weighted by Gasteiger charge is -2.36. The van der Waals surface area contributed by atoms with E-state index in [-0.39, 0.29) is 38.6 Å². The number of carbonyl (C=O) groups excluding carboxylic acids is 2. The molecule has 1 aromatic heterocycles. The van der Waals surface area contributed by atoms with Gasteiger partial charge in [-0.1, -0.05) is 30.3 Å². The van der Waals surface area contributed by atoms with Gasteiger partial charge < -0.3 is 14.7 Å². The summed E-state index contributed by atoms with van der Waals surface area (Å²) in [5, 5.41) is 3.90. The molecule has 0 N–H and O–H groups in total. The SMILES string of the molecule is O=C(CN(Cc1ccccc1)c1ccsc1)N1CCN(C(=O)c2cc(F)ccc2C(F)(F)F)CC1. The van der Waals surface area contributed by atoms with Gasteiger partial charge >= 0.3 is 6.18 Å². The maximum atomic E-state index is 13.6. The molecule has 0 atom stereocenters. The van der Waals surface area contributed by atoms with Crippen molar-refractivity contribution < 1.29 is 27.2 Å². The molecule has 4 rings (SSSR count). The van der Waals surface area contributed by atoms with E-state index in [0.717, 1.165) is 11.3 Å². The Balaban J connectivity index is 1.40. The van der Waals surface area contributed by atoms with Crippen molar-refractivity contribution >= 4 is 28.8 Å². The largest absolute Gasteiger partial charge is 0.417 e. The molecule has 0 aliphatic carbocycles. The molecule has 0 bridgehead atoms. The van der Waals surface area contributed by atoms with Crippen LogP contribution >= 0.6 is 11.3 Å². The molecule has 1 aliphatic rings. The third kappa shape index (κ3) is 6.00. The maximum absolute atomic E-state index is 13.6. The van der Waals surface area contributed by atoms with Gasteiger partial charge in [-0.25, -0.2) is 4.39 Å². The summed E-state index contributed by atoms with van der Waals surface area (Å²) in [5.74, 6) is -1.95. The van der Waals surface area contributed by atoms with Gasteiger partial charge in [-0.3, -0.25) is 9.59 Å². The Kier molecular flexibility index (Phi) is 7.39. The lowest BCUT2D eigenvalue weighted by atomic mass is 10.0. The third-order valence-corrected chi connectivity index (χ3v) is 6.52. The Bertz CT molecular complexity index is 1160. The molecule has 0 spiro atoms. The summed E-state index contributed by atoms with van der Waals surface area (Å²) in [6, 6.07) is 13.6. The van der Waals surface area contributed by atoms with Crippen molar-refractivity contribution in [2.24, 2.45) is 0 Å². The third-order valence-electron chi connectivity index (χ3n) is 5.85. The second-order valence-electron chi connectivity index (χ2n) is 8.18. The molecule has 2 amide bonds. The van der Waals surface area contributed by atoms with Gasteiger partial charge in [0.15, 0.2) is 0 Å². The number of hydrogen-bond donors (Lipinski definition) is 0. The first-order valence-electron chi connectivity index (χ1n) is 11.0. The van der Waals surface area contributed by atoms with E-state index in [1.807, 2.05) is 52.1 Å².